The van der Waals surface area contributed by atoms with Crippen LogP contribution >= 0.6 is 11.8 Å². The van der Waals surface area contributed by atoms with Crippen molar-refractivity contribution < 1.29 is 13.5 Å². The van der Waals surface area contributed by atoms with Gasteiger partial charge in [0.25, 0.3) is 0 Å². The molecule has 96 valence electrons. The van der Waals surface area contributed by atoms with Crippen LogP contribution in [0.15, 0.2) is 12.1 Å². The third kappa shape index (κ3) is 4.52. The van der Waals surface area contributed by atoms with Crippen molar-refractivity contribution in [3.8, 4) is 5.75 Å². The van der Waals surface area contributed by atoms with Gasteiger partial charge < -0.3 is 10.5 Å². The van der Waals surface area contributed by atoms with Crippen molar-refractivity contribution in [1.29, 1.82) is 0 Å². The molecule has 0 unspecified atom stereocenters. The Hall–Kier alpha value is -0.810. The Bertz CT molecular complexity index is 349. The minimum atomic E-state index is -0.694. The largest absolute Gasteiger partial charge is 0.487 e. The number of ether oxygens (including phenoxy) is 1. The fourth-order valence-corrected chi connectivity index (χ4v) is 1.95. The first-order valence-electron chi connectivity index (χ1n) is 5.47. The third-order valence-corrected chi connectivity index (χ3v) is 3.14. The Labute approximate surface area is 105 Å². The molecule has 0 atom stereocenters. The van der Waals surface area contributed by atoms with Crippen molar-refractivity contribution in [3.63, 3.8) is 0 Å². The van der Waals surface area contributed by atoms with Crippen molar-refractivity contribution in [2.24, 2.45) is 5.73 Å². The average molecular weight is 261 g/mol. The lowest BCUT2D eigenvalue weighted by molar-refractivity contribution is 0.305. The lowest BCUT2D eigenvalue weighted by atomic mass is 10.2. The van der Waals surface area contributed by atoms with Gasteiger partial charge >= 0.3 is 0 Å². The molecule has 5 heteroatoms. The second kappa shape index (κ2) is 6.81. The smallest absolute Gasteiger partial charge is 0.190 e. The molecule has 0 radical (unpaired) electrons. The molecule has 0 aliphatic heterocycles. The maximum atomic E-state index is 13.5. The second-order valence-corrected chi connectivity index (χ2v) is 5.55. The molecule has 0 aliphatic carbocycles. The Balaban J connectivity index is 2.59. The average Bonchev–Trinajstić information content (AvgIpc) is 2.26. The van der Waals surface area contributed by atoms with Gasteiger partial charge in [0.15, 0.2) is 17.4 Å². The van der Waals surface area contributed by atoms with E-state index in [0.717, 1.165) is 0 Å². The first-order chi connectivity index (χ1) is 8.04. The van der Waals surface area contributed by atoms with Crippen molar-refractivity contribution in [1.82, 2.24) is 0 Å². The maximum absolute atomic E-state index is 13.5. The molecule has 1 rings (SSSR count). The van der Waals surface area contributed by atoms with Crippen molar-refractivity contribution >= 4 is 11.8 Å². The molecule has 0 saturated carbocycles. The molecule has 2 nitrogen and oxygen atoms in total. The summed E-state index contributed by atoms with van der Waals surface area (Å²) in [6, 6.07) is 2.40. The van der Waals surface area contributed by atoms with Gasteiger partial charge in [-0.3, -0.25) is 0 Å². The summed E-state index contributed by atoms with van der Waals surface area (Å²) < 4.78 is 32.0. The van der Waals surface area contributed by atoms with Crippen LogP contribution in [0.4, 0.5) is 8.78 Å². The van der Waals surface area contributed by atoms with Crippen LogP contribution in [0.1, 0.15) is 19.4 Å². The van der Waals surface area contributed by atoms with E-state index in [4.69, 9.17) is 10.5 Å². The maximum Gasteiger partial charge on any atom is 0.190 e. The Morgan fingerprint density at radius 3 is 2.35 bits per heavy atom. The van der Waals surface area contributed by atoms with E-state index in [1.54, 1.807) is 11.8 Å². The number of halogens is 2. The molecule has 1 aromatic rings. The Morgan fingerprint density at radius 1 is 1.29 bits per heavy atom. The number of rotatable bonds is 6. The van der Waals surface area contributed by atoms with Crippen molar-refractivity contribution in [3.05, 3.63) is 29.3 Å². The molecule has 0 aromatic heterocycles. The van der Waals surface area contributed by atoms with Gasteiger partial charge in [-0.1, -0.05) is 13.8 Å². The van der Waals surface area contributed by atoms with Gasteiger partial charge in [-0.05, 0) is 22.9 Å². The van der Waals surface area contributed by atoms with Crippen LogP contribution in [0.3, 0.4) is 0 Å². The van der Waals surface area contributed by atoms with Crippen LogP contribution in [0.2, 0.25) is 0 Å². The first kappa shape index (κ1) is 14.3. The van der Waals surface area contributed by atoms with Gasteiger partial charge in [-0.25, -0.2) is 8.78 Å². The summed E-state index contributed by atoms with van der Waals surface area (Å²) in [5.41, 5.74) is 5.74. The predicted octanol–water partition coefficient (Wildman–Crippen LogP) is 2.94. The molecule has 0 heterocycles. The van der Waals surface area contributed by atoms with E-state index in [9.17, 15) is 8.78 Å². The lowest BCUT2D eigenvalue weighted by Gasteiger charge is -2.10. The van der Waals surface area contributed by atoms with E-state index in [2.05, 4.69) is 13.8 Å². The molecule has 0 aliphatic rings. The van der Waals surface area contributed by atoms with Crippen LogP contribution in [-0.2, 0) is 6.54 Å². The van der Waals surface area contributed by atoms with Gasteiger partial charge in [0, 0.05) is 12.3 Å². The van der Waals surface area contributed by atoms with E-state index < -0.39 is 11.6 Å². The summed E-state index contributed by atoms with van der Waals surface area (Å²) in [5.74, 6) is -0.999. The number of benzene rings is 1. The summed E-state index contributed by atoms with van der Waals surface area (Å²) in [7, 11) is 0. The van der Waals surface area contributed by atoms with Crippen LogP contribution in [0.5, 0.6) is 5.75 Å². The SMILES string of the molecule is CC(C)SCCOc1c(F)cc(CN)cc1F. The molecule has 0 fully saturated rings. The second-order valence-electron chi connectivity index (χ2n) is 3.86. The first-order valence-corrected chi connectivity index (χ1v) is 6.52. The van der Waals surface area contributed by atoms with Gasteiger partial charge in [-0.15, -0.1) is 0 Å². The van der Waals surface area contributed by atoms with E-state index in [1.807, 2.05) is 0 Å². The highest BCUT2D eigenvalue weighted by atomic mass is 32.2. The van der Waals surface area contributed by atoms with Gasteiger partial charge in [-0.2, -0.15) is 11.8 Å². The zero-order chi connectivity index (χ0) is 12.8. The molecule has 0 saturated heterocycles. The normalized spacial score (nSPS) is 10.9. The minimum absolute atomic E-state index is 0.108. The predicted molar refractivity (Wildman–Crippen MR) is 67.3 cm³/mol. The molecule has 0 spiro atoms. The minimum Gasteiger partial charge on any atom is -0.487 e. The number of hydrogen-bond donors (Lipinski definition) is 1. The summed E-state index contributed by atoms with van der Waals surface area (Å²) in [6.45, 7) is 4.51. The van der Waals surface area contributed by atoms with Crippen LogP contribution in [0, 0.1) is 11.6 Å². The number of thioether (sulfide) groups is 1. The molecule has 0 amide bonds. The van der Waals surface area contributed by atoms with Gasteiger partial charge in [0.05, 0.1) is 6.61 Å². The topological polar surface area (TPSA) is 35.2 Å². The molecule has 17 heavy (non-hydrogen) atoms. The summed E-state index contributed by atoms with van der Waals surface area (Å²) in [4.78, 5) is 0. The summed E-state index contributed by atoms with van der Waals surface area (Å²) in [6.07, 6.45) is 0. The van der Waals surface area contributed by atoms with Crippen LogP contribution < -0.4 is 10.5 Å². The van der Waals surface area contributed by atoms with Crippen LogP contribution in [0.25, 0.3) is 0 Å². The fourth-order valence-electron chi connectivity index (χ4n) is 1.30. The van der Waals surface area contributed by atoms with Gasteiger partial charge in [0.2, 0.25) is 0 Å². The molecular formula is C12H17F2NOS. The number of hydrogen-bond acceptors (Lipinski definition) is 3. The standard InChI is InChI=1S/C12H17F2NOS/c1-8(2)17-4-3-16-12-10(13)5-9(7-15)6-11(12)14/h5-6,8H,3-4,7,15H2,1-2H3. The van der Waals surface area contributed by atoms with Crippen molar-refractivity contribution in [2.75, 3.05) is 12.4 Å². The molecule has 0 bridgehead atoms. The fraction of sp³-hybridized carbons (Fsp3) is 0.500. The van der Waals surface area contributed by atoms with Crippen molar-refractivity contribution in [2.45, 2.75) is 25.6 Å². The zero-order valence-electron chi connectivity index (χ0n) is 10.0. The molecule has 1 aromatic carbocycles. The van der Waals surface area contributed by atoms with E-state index in [1.165, 1.54) is 12.1 Å². The Kier molecular flexibility index (Phi) is 5.71. The quantitative estimate of drug-likeness (QED) is 0.800. The highest BCUT2D eigenvalue weighted by Gasteiger charge is 2.12. The van der Waals surface area contributed by atoms with E-state index in [0.29, 0.717) is 23.2 Å². The summed E-state index contributed by atoms with van der Waals surface area (Å²) >= 11 is 1.68. The number of nitrogens with two attached hydrogens (primary N) is 1. The summed E-state index contributed by atoms with van der Waals surface area (Å²) in [5, 5.41) is 0.480. The Morgan fingerprint density at radius 2 is 1.88 bits per heavy atom. The van der Waals surface area contributed by atoms with E-state index >= 15 is 0 Å². The van der Waals surface area contributed by atoms with Gasteiger partial charge in [0.1, 0.15) is 0 Å². The molecule has 2 N–H and O–H groups in total. The third-order valence-electron chi connectivity index (χ3n) is 2.07. The zero-order valence-corrected chi connectivity index (χ0v) is 10.8. The van der Waals surface area contributed by atoms with E-state index in [-0.39, 0.29) is 12.3 Å². The monoisotopic (exact) mass is 261 g/mol. The highest BCUT2D eigenvalue weighted by Crippen LogP contribution is 2.23. The van der Waals surface area contributed by atoms with Crippen LogP contribution in [-0.4, -0.2) is 17.6 Å². The molecular weight excluding hydrogens is 244 g/mol. The highest BCUT2D eigenvalue weighted by molar-refractivity contribution is 7.99. The lowest BCUT2D eigenvalue weighted by Crippen LogP contribution is -2.07.